The van der Waals surface area contributed by atoms with E-state index in [1.165, 1.54) is 19.2 Å². The highest BCUT2D eigenvalue weighted by atomic mass is 32.2. The standard InChI is InChI=1S/C18H19N3O4S/c1-25-17-5-3-4-15(12-17)20-18(22)10-11-21(26(2,23)24)16-8-6-14(13-19)7-9-16/h3-9,12H,10-11H2,1-2H3,(H,20,22). The van der Waals surface area contributed by atoms with Gasteiger partial charge in [0, 0.05) is 24.7 Å². The van der Waals surface area contributed by atoms with Crippen LogP contribution >= 0.6 is 0 Å². The maximum Gasteiger partial charge on any atom is 0.232 e. The van der Waals surface area contributed by atoms with Crippen LogP contribution in [0.5, 0.6) is 5.75 Å². The first-order valence-electron chi connectivity index (χ1n) is 7.75. The molecule has 1 amide bonds. The van der Waals surface area contributed by atoms with E-state index in [2.05, 4.69) is 5.32 Å². The Morgan fingerprint density at radius 1 is 1.23 bits per heavy atom. The first-order chi connectivity index (χ1) is 12.3. The first kappa shape index (κ1) is 19.3. The van der Waals surface area contributed by atoms with E-state index in [-0.39, 0.29) is 18.9 Å². The van der Waals surface area contributed by atoms with Crippen LogP contribution in [0.15, 0.2) is 48.5 Å². The van der Waals surface area contributed by atoms with Crippen LogP contribution in [0.25, 0.3) is 0 Å². The largest absolute Gasteiger partial charge is 0.497 e. The Bertz CT molecular complexity index is 918. The van der Waals surface area contributed by atoms with E-state index in [0.717, 1.165) is 10.6 Å². The second-order valence-corrected chi connectivity index (χ2v) is 7.43. The number of nitriles is 1. The molecule has 0 fully saturated rings. The number of benzene rings is 2. The topological polar surface area (TPSA) is 99.5 Å². The molecule has 26 heavy (non-hydrogen) atoms. The molecule has 0 aliphatic carbocycles. The number of nitrogens with one attached hydrogen (secondary N) is 1. The zero-order chi connectivity index (χ0) is 19.2. The Morgan fingerprint density at radius 3 is 2.50 bits per heavy atom. The highest BCUT2D eigenvalue weighted by Gasteiger charge is 2.18. The van der Waals surface area contributed by atoms with Crippen molar-refractivity contribution in [1.82, 2.24) is 0 Å². The summed E-state index contributed by atoms with van der Waals surface area (Å²) >= 11 is 0. The van der Waals surface area contributed by atoms with Crippen molar-refractivity contribution in [3.8, 4) is 11.8 Å². The van der Waals surface area contributed by atoms with Gasteiger partial charge in [-0.25, -0.2) is 8.42 Å². The molecule has 7 nitrogen and oxygen atoms in total. The van der Waals surface area contributed by atoms with Gasteiger partial charge < -0.3 is 10.1 Å². The number of methoxy groups -OCH3 is 1. The number of amides is 1. The molecule has 1 N–H and O–H groups in total. The second-order valence-electron chi connectivity index (χ2n) is 5.52. The Hall–Kier alpha value is -3.05. The predicted molar refractivity (Wildman–Crippen MR) is 99.6 cm³/mol. The Labute approximate surface area is 152 Å². The molecule has 0 bridgehead atoms. The summed E-state index contributed by atoms with van der Waals surface area (Å²) in [6.07, 6.45) is 1.05. The van der Waals surface area contributed by atoms with E-state index in [9.17, 15) is 13.2 Å². The summed E-state index contributed by atoms with van der Waals surface area (Å²) in [7, 11) is -2.04. The lowest BCUT2D eigenvalue weighted by Crippen LogP contribution is -2.33. The molecule has 2 rings (SSSR count). The van der Waals surface area contributed by atoms with Gasteiger partial charge in [0.1, 0.15) is 5.75 Å². The summed E-state index contributed by atoms with van der Waals surface area (Å²) in [6, 6.07) is 15.0. The Morgan fingerprint density at radius 2 is 1.92 bits per heavy atom. The van der Waals surface area contributed by atoms with Crippen molar-refractivity contribution in [3.63, 3.8) is 0 Å². The van der Waals surface area contributed by atoms with Crippen LogP contribution in [0, 0.1) is 11.3 Å². The van der Waals surface area contributed by atoms with E-state index < -0.39 is 10.0 Å². The number of sulfonamides is 1. The molecule has 0 saturated heterocycles. The molecule has 0 aliphatic rings. The van der Waals surface area contributed by atoms with Gasteiger partial charge in [0.15, 0.2) is 0 Å². The van der Waals surface area contributed by atoms with Crippen molar-refractivity contribution in [2.24, 2.45) is 0 Å². The fourth-order valence-corrected chi connectivity index (χ4v) is 3.24. The van der Waals surface area contributed by atoms with Crippen LogP contribution in [0.4, 0.5) is 11.4 Å². The van der Waals surface area contributed by atoms with Gasteiger partial charge in [-0.1, -0.05) is 6.07 Å². The molecule has 0 spiro atoms. The summed E-state index contributed by atoms with van der Waals surface area (Å²) < 4.78 is 30.3. The molecule has 0 saturated carbocycles. The number of carbonyl (C=O) groups is 1. The Balaban J connectivity index is 2.07. The van der Waals surface area contributed by atoms with Gasteiger partial charge in [-0.3, -0.25) is 9.10 Å². The van der Waals surface area contributed by atoms with Crippen molar-refractivity contribution < 1.29 is 17.9 Å². The Kier molecular flexibility index (Phi) is 6.20. The normalized spacial score (nSPS) is 10.7. The van der Waals surface area contributed by atoms with Crippen LogP contribution in [-0.2, 0) is 14.8 Å². The molecule has 0 aromatic heterocycles. The number of rotatable bonds is 7. The number of anilines is 2. The predicted octanol–water partition coefficient (Wildman–Crippen LogP) is 2.36. The van der Waals surface area contributed by atoms with Gasteiger partial charge in [0.2, 0.25) is 15.9 Å². The minimum absolute atomic E-state index is 0.0134. The smallest absolute Gasteiger partial charge is 0.232 e. The first-order valence-corrected chi connectivity index (χ1v) is 9.60. The van der Waals surface area contributed by atoms with Gasteiger partial charge in [-0.2, -0.15) is 5.26 Å². The van der Waals surface area contributed by atoms with Gasteiger partial charge in [0.25, 0.3) is 0 Å². The number of hydrogen-bond acceptors (Lipinski definition) is 5. The molecule has 2 aromatic carbocycles. The van der Waals surface area contributed by atoms with Crippen LogP contribution < -0.4 is 14.4 Å². The second kappa shape index (κ2) is 8.36. The lowest BCUT2D eigenvalue weighted by atomic mass is 10.2. The van der Waals surface area contributed by atoms with Crippen LogP contribution in [-0.4, -0.2) is 34.2 Å². The molecular weight excluding hydrogens is 354 g/mol. The van der Waals surface area contributed by atoms with E-state index in [4.69, 9.17) is 10.00 Å². The third-order valence-electron chi connectivity index (χ3n) is 3.58. The molecule has 0 atom stereocenters. The van der Waals surface area contributed by atoms with Crippen molar-refractivity contribution in [2.75, 3.05) is 29.5 Å². The number of carbonyl (C=O) groups excluding carboxylic acids is 1. The van der Waals surface area contributed by atoms with E-state index in [1.54, 1.807) is 36.4 Å². The van der Waals surface area contributed by atoms with E-state index >= 15 is 0 Å². The highest BCUT2D eigenvalue weighted by Crippen LogP contribution is 2.20. The summed E-state index contributed by atoms with van der Waals surface area (Å²) in [5.41, 5.74) is 1.40. The maximum absolute atomic E-state index is 12.2. The summed E-state index contributed by atoms with van der Waals surface area (Å²) in [5.74, 6) is 0.290. The zero-order valence-corrected chi connectivity index (χ0v) is 15.3. The van der Waals surface area contributed by atoms with Crippen molar-refractivity contribution in [1.29, 1.82) is 5.26 Å². The lowest BCUT2D eigenvalue weighted by Gasteiger charge is -2.22. The van der Waals surface area contributed by atoms with Crippen molar-refractivity contribution >= 4 is 27.3 Å². The minimum atomic E-state index is -3.57. The van der Waals surface area contributed by atoms with Crippen LogP contribution in [0.2, 0.25) is 0 Å². The fourth-order valence-electron chi connectivity index (χ4n) is 2.32. The van der Waals surface area contributed by atoms with Crippen LogP contribution in [0.1, 0.15) is 12.0 Å². The quantitative estimate of drug-likeness (QED) is 0.803. The molecule has 0 unspecified atom stereocenters. The van der Waals surface area contributed by atoms with E-state index in [1.807, 2.05) is 6.07 Å². The minimum Gasteiger partial charge on any atom is -0.497 e. The van der Waals surface area contributed by atoms with Gasteiger partial charge >= 0.3 is 0 Å². The number of nitrogens with zero attached hydrogens (tertiary/aromatic N) is 2. The molecular formula is C18H19N3O4S. The molecule has 8 heteroatoms. The summed E-state index contributed by atoms with van der Waals surface area (Å²) in [5, 5.41) is 11.5. The van der Waals surface area contributed by atoms with E-state index in [0.29, 0.717) is 22.7 Å². The lowest BCUT2D eigenvalue weighted by molar-refractivity contribution is -0.116. The van der Waals surface area contributed by atoms with Crippen molar-refractivity contribution in [2.45, 2.75) is 6.42 Å². The van der Waals surface area contributed by atoms with Gasteiger partial charge in [-0.15, -0.1) is 0 Å². The summed E-state index contributed by atoms with van der Waals surface area (Å²) in [6.45, 7) is -0.0134. The average Bonchev–Trinajstić information content (AvgIpc) is 2.61. The summed E-state index contributed by atoms with van der Waals surface area (Å²) in [4.78, 5) is 12.2. The molecule has 2 aromatic rings. The third-order valence-corrected chi connectivity index (χ3v) is 4.77. The number of ether oxygens (including phenoxy) is 1. The highest BCUT2D eigenvalue weighted by molar-refractivity contribution is 7.92. The number of hydrogen-bond donors (Lipinski definition) is 1. The monoisotopic (exact) mass is 373 g/mol. The molecule has 0 radical (unpaired) electrons. The van der Waals surface area contributed by atoms with Gasteiger partial charge in [-0.05, 0) is 36.4 Å². The third kappa shape index (κ3) is 5.22. The maximum atomic E-state index is 12.2. The van der Waals surface area contributed by atoms with Gasteiger partial charge in [0.05, 0.1) is 30.7 Å². The zero-order valence-electron chi connectivity index (χ0n) is 14.5. The molecule has 0 aliphatic heterocycles. The van der Waals surface area contributed by atoms with Crippen LogP contribution in [0.3, 0.4) is 0 Å². The fraction of sp³-hybridized carbons (Fsp3) is 0.222. The van der Waals surface area contributed by atoms with Crippen molar-refractivity contribution in [3.05, 3.63) is 54.1 Å². The molecule has 136 valence electrons. The average molecular weight is 373 g/mol. The molecule has 0 heterocycles. The SMILES string of the molecule is COc1cccc(NC(=O)CCN(c2ccc(C#N)cc2)S(C)(=O)=O)c1.